The lowest BCUT2D eigenvalue weighted by atomic mass is 9.88. The number of hydrogen-bond donors (Lipinski definition) is 1. The molecule has 7 rings (SSSR count). The molecule has 4 aliphatic heterocycles. The second-order valence-electron chi connectivity index (χ2n) is 13.3. The van der Waals surface area contributed by atoms with Crippen molar-refractivity contribution in [3.05, 3.63) is 54.9 Å². The van der Waals surface area contributed by atoms with E-state index >= 15 is 0 Å². The maximum Gasteiger partial charge on any atom is 0.246 e. The predicted molar refractivity (Wildman–Crippen MR) is 180 cm³/mol. The van der Waals surface area contributed by atoms with Crippen molar-refractivity contribution in [3.8, 4) is 0 Å². The first-order chi connectivity index (χ1) is 22.2. The first kappa shape index (κ1) is 30.9. The van der Waals surface area contributed by atoms with Gasteiger partial charge in [-0.1, -0.05) is 25.5 Å². The van der Waals surface area contributed by atoms with E-state index in [0.29, 0.717) is 49.2 Å². The number of hydrogen-bond acceptors (Lipinski definition) is 10. The van der Waals surface area contributed by atoms with E-state index in [1.54, 1.807) is 6.20 Å². The summed E-state index contributed by atoms with van der Waals surface area (Å²) in [7, 11) is -3.07. The highest BCUT2D eigenvalue weighted by atomic mass is 32.2. The Hall–Kier alpha value is -3.77. The fraction of sp³-hybridized carbons (Fsp3) is 0.529. The predicted octanol–water partition coefficient (Wildman–Crippen LogP) is 4.49. The van der Waals surface area contributed by atoms with Crippen molar-refractivity contribution in [1.82, 2.24) is 19.9 Å². The lowest BCUT2D eigenvalue weighted by Crippen LogP contribution is -2.57. The summed E-state index contributed by atoms with van der Waals surface area (Å²) in [6, 6.07) is 8.48. The molecule has 4 aliphatic rings. The van der Waals surface area contributed by atoms with Gasteiger partial charge in [0.1, 0.15) is 21.5 Å². The van der Waals surface area contributed by atoms with Crippen molar-refractivity contribution in [3.63, 3.8) is 0 Å². The van der Waals surface area contributed by atoms with Crippen molar-refractivity contribution in [2.24, 2.45) is 11.8 Å². The van der Waals surface area contributed by atoms with Crippen LogP contribution in [0, 0.1) is 11.8 Å². The van der Waals surface area contributed by atoms with Gasteiger partial charge in [0, 0.05) is 67.2 Å². The first-order valence-electron chi connectivity index (χ1n) is 16.4. The van der Waals surface area contributed by atoms with E-state index in [-0.39, 0.29) is 29.7 Å². The monoisotopic (exact) mass is 645 g/mol. The third kappa shape index (κ3) is 5.92. The minimum atomic E-state index is -3.07. The van der Waals surface area contributed by atoms with Crippen LogP contribution in [0.5, 0.6) is 0 Å². The molecule has 1 aromatic carbocycles. The summed E-state index contributed by atoms with van der Waals surface area (Å²) in [6.45, 7) is 9.66. The first-order valence-corrected chi connectivity index (χ1v) is 18.5. The van der Waals surface area contributed by atoms with Crippen LogP contribution in [0.1, 0.15) is 50.6 Å². The van der Waals surface area contributed by atoms with Gasteiger partial charge in [0.05, 0.1) is 31.1 Å². The van der Waals surface area contributed by atoms with Gasteiger partial charge in [-0.25, -0.2) is 18.4 Å². The third-order valence-electron chi connectivity index (χ3n) is 10.4. The van der Waals surface area contributed by atoms with Gasteiger partial charge in [-0.2, -0.15) is 4.98 Å². The Morgan fingerprint density at radius 3 is 2.74 bits per heavy atom. The van der Waals surface area contributed by atoms with Crippen LogP contribution in [0.3, 0.4) is 0 Å². The molecule has 4 saturated heterocycles. The second-order valence-corrected chi connectivity index (χ2v) is 15.5. The van der Waals surface area contributed by atoms with Gasteiger partial charge in [0.2, 0.25) is 11.9 Å². The van der Waals surface area contributed by atoms with Crippen LogP contribution >= 0.6 is 0 Å². The van der Waals surface area contributed by atoms with Gasteiger partial charge in [0.15, 0.2) is 0 Å². The maximum absolute atomic E-state index is 13.1. The van der Waals surface area contributed by atoms with E-state index in [1.807, 2.05) is 17.2 Å². The summed E-state index contributed by atoms with van der Waals surface area (Å²) in [5.41, 5.74) is 2.10. The number of ether oxygens (including phenoxy) is 1. The molecule has 0 saturated carbocycles. The van der Waals surface area contributed by atoms with E-state index in [9.17, 15) is 13.2 Å². The molecule has 46 heavy (non-hydrogen) atoms. The lowest BCUT2D eigenvalue weighted by molar-refractivity contribution is -0.128. The number of nitrogens with one attached hydrogen (secondary N) is 1. The smallest absolute Gasteiger partial charge is 0.246 e. The Kier molecular flexibility index (Phi) is 8.35. The molecule has 0 aliphatic carbocycles. The third-order valence-corrected chi connectivity index (χ3v) is 11.4. The van der Waals surface area contributed by atoms with E-state index in [4.69, 9.17) is 14.7 Å². The Morgan fingerprint density at radius 2 is 1.93 bits per heavy atom. The van der Waals surface area contributed by atoms with Gasteiger partial charge >= 0.3 is 0 Å². The zero-order chi connectivity index (χ0) is 32.0. The summed E-state index contributed by atoms with van der Waals surface area (Å²) in [6.07, 6.45) is 11.4. The van der Waals surface area contributed by atoms with Crippen LogP contribution in [-0.2, 0) is 19.4 Å². The van der Waals surface area contributed by atoms with Gasteiger partial charge in [-0.15, -0.1) is 0 Å². The molecule has 2 aromatic heterocycles. The number of aromatic nitrogens is 3. The molecule has 3 aromatic rings. The number of rotatable bonds is 8. The minimum Gasteiger partial charge on any atom is -0.379 e. The van der Waals surface area contributed by atoms with Gasteiger partial charge in [-0.3, -0.25) is 4.79 Å². The van der Waals surface area contributed by atoms with Crippen LogP contribution in [0.25, 0.3) is 10.8 Å². The average Bonchev–Trinajstić information content (AvgIpc) is 3.59. The van der Waals surface area contributed by atoms with Crippen LogP contribution < -0.4 is 15.1 Å². The standard InChI is InChI=1S/C34H43N7O4S/c1-4-33(42)39-14-7-5-6-8-28(39)25-9-10-29(41-18-24(22(41)2)21-46(3,43)44)27-17-36-32(16-26(25)27)37-31-11-13-35-34(38-31)40-15-12-23-19-45-20-30(23)40/h4,9-11,13,16-17,22-24,28,30H,1,5-8,12,14-15,18-21H2,2-3H3,(H,35,36,37,38)/t22-,23+,24-,28+,30-/m1/s1. The molecule has 0 radical (unpaired) electrons. The highest BCUT2D eigenvalue weighted by Gasteiger charge is 2.40. The number of likely N-dealkylation sites (tertiary alicyclic amines) is 1. The number of benzene rings is 1. The summed E-state index contributed by atoms with van der Waals surface area (Å²) in [5, 5.41) is 5.43. The molecule has 6 heterocycles. The highest BCUT2D eigenvalue weighted by Crippen LogP contribution is 2.42. The van der Waals surface area contributed by atoms with Crippen LogP contribution in [0.15, 0.2) is 49.3 Å². The van der Waals surface area contributed by atoms with Gasteiger partial charge < -0.3 is 24.8 Å². The number of carbonyl (C=O) groups is 1. The molecular weight excluding hydrogens is 602 g/mol. The molecule has 1 amide bonds. The number of anilines is 4. The molecule has 0 spiro atoms. The Morgan fingerprint density at radius 1 is 1.07 bits per heavy atom. The molecule has 5 atom stereocenters. The Balaban J connectivity index is 1.25. The van der Waals surface area contributed by atoms with E-state index in [2.05, 4.69) is 51.8 Å². The summed E-state index contributed by atoms with van der Waals surface area (Å²) >= 11 is 0. The highest BCUT2D eigenvalue weighted by molar-refractivity contribution is 7.90. The normalized spacial score (nSPS) is 26.5. The zero-order valence-electron chi connectivity index (χ0n) is 26.6. The molecule has 11 nitrogen and oxygen atoms in total. The number of amides is 1. The van der Waals surface area contributed by atoms with Crippen molar-refractivity contribution in [2.75, 3.05) is 60.0 Å². The molecule has 4 fully saturated rings. The molecule has 1 N–H and O–H groups in total. The Bertz CT molecular complexity index is 1750. The van der Waals surface area contributed by atoms with Crippen LogP contribution in [0.2, 0.25) is 0 Å². The SMILES string of the molecule is C=CC(=O)N1CCCCC[C@H]1c1ccc(N2C[C@H](CS(C)(=O)=O)[C@H]2C)c2cnc(Nc3ccnc(N4CC[C@H]5COC[C@H]54)n3)cc12. The van der Waals surface area contributed by atoms with Gasteiger partial charge in [0.25, 0.3) is 0 Å². The maximum atomic E-state index is 13.1. The van der Waals surface area contributed by atoms with E-state index in [0.717, 1.165) is 67.3 Å². The van der Waals surface area contributed by atoms with E-state index < -0.39 is 9.84 Å². The average molecular weight is 646 g/mol. The van der Waals surface area contributed by atoms with Crippen LogP contribution in [0.4, 0.5) is 23.3 Å². The summed E-state index contributed by atoms with van der Waals surface area (Å²) in [5.74, 6) is 2.74. The lowest BCUT2D eigenvalue weighted by Gasteiger charge is -2.48. The van der Waals surface area contributed by atoms with Gasteiger partial charge in [-0.05, 0) is 61.4 Å². The topological polar surface area (TPSA) is 121 Å². The fourth-order valence-electron chi connectivity index (χ4n) is 7.87. The minimum absolute atomic E-state index is 0.0538. The molecular formula is C34H43N7O4S. The number of sulfone groups is 1. The summed E-state index contributed by atoms with van der Waals surface area (Å²) < 4.78 is 29.8. The quantitative estimate of drug-likeness (QED) is 0.351. The molecule has 0 bridgehead atoms. The number of nitrogens with zero attached hydrogens (tertiary/aromatic N) is 6. The summed E-state index contributed by atoms with van der Waals surface area (Å²) in [4.78, 5) is 33.8. The van der Waals surface area contributed by atoms with Crippen LogP contribution in [-0.4, -0.2) is 91.1 Å². The molecule has 0 unspecified atom stereocenters. The zero-order valence-corrected chi connectivity index (χ0v) is 27.5. The van der Waals surface area contributed by atoms with Crippen molar-refractivity contribution < 1.29 is 17.9 Å². The second kappa shape index (κ2) is 12.4. The largest absolute Gasteiger partial charge is 0.379 e. The van der Waals surface area contributed by atoms with E-state index in [1.165, 1.54) is 12.3 Å². The van der Waals surface area contributed by atoms with Crippen molar-refractivity contribution in [2.45, 2.75) is 57.2 Å². The number of pyridine rings is 1. The molecule has 244 valence electrons. The Labute approximate surface area is 271 Å². The number of fused-ring (bicyclic) bond motifs is 2. The fourth-order valence-corrected chi connectivity index (χ4v) is 9.03. The number of carbonyl (C=O) groups excluding carboxylic acids is 1. The van der Waals surface area contributed by atoms with Crippen molar-refractivity contribution in [1.29, 1.82) is 0 Å². The van der Waals surface area contributed by atoms with Crippen molar-refractivity contribution >= 4 is 49.8 Å². The molecule has 12 heteroatoms.